The van der Waals surface area contributed by atoms with E-state index in [1.165, 1.54) is 0 Å². The van der Waals surface area contributed by atoms with Gasteiger partial charge in [-0.1, -0.05) is 20.8 Å². The van der Waals surface area contributed by atoms with Gasteiger partial charge in [-0.05, 0) is 65.8 Å². The van der Waals surface area contributed by atoms with E-state index in [4.69, 9.17) is 4.43 Å². The third-order valence-electron chi connectivity index (χ3n) is 3.03. The summed E-state index contributed by atoms with van der Waals surface area (Å²) in [6.45, 7) is 11.2. The zero-order chi connectivity index (χ0) is 14.5. The first-order valence-corrected chi connectivity index (χ1v) is 10.1. The minimum absolute atomic E-state index is 0.217. The third kappa shape index (κ3) is 6.68. The van der Waals surface area contributed by atoms with Crippen LogP contribution in [0.2, 0.25) is 13.1 Å². The molecule has 107 valence electrons. The van der Waals surface area contributed by atoms with E-state index in [-0.39, 0.29) is 5.41 Å². The maximum atomic E-state index is 6.15. The smallest absolute Gasteiger partial charge is 0.205 e. The number of hydrogen-bond donors (Lipinski definition) is 0. The predicted octanol–water partition coefficient (Wildman–Crippen LogP) is 4.85. The number of nitrogens with zero attached hydrogens (tertiary/aromatic N) is 1. The van der Waals surface area contributed by atoms with Crippen LogP contribution in [0.3, 0.4) is 0 Å². The van der Waals surface area contributed by atoms with Crippen LogP contribution in [0.4, 0.5) is 0 Å². The Morgan fingerprint density at radius 1 is 1.32 bits per heavy atom. The summed E-state index contributed by atoms with van der Waals surface area (Å²) < 4.78 is 7.18. The Kier molecular flexibility index (Phi) is 6.70. The molecule has 1 aromatic rings. The van der Waals surface area contributed by atoms with Crippen LogP contribution in [0, 0.1) is 5.41 Å². The lowest BCUT2D eigenvalue weighted by Gasteiger charge is -2.32. The molecule has 0 aliphatic rings. The molecule has 0 amide bonds. The normalized spacial score (nSPS) is 13.8. The van der Waals surface area contributed by atoms with Gasteiger partial charge in [-0.3, -0.25) is 4.98 Å². The second-order valence-corrected chi connectivity index (χ2v) is 9.21. The van der Waals surface area contributed by atoms with Crippen molar-refractivity contribution in [2.75, 3.05) is 0 Å². The second kappa shape index (κ2) is 7.55. The van der Waals surface area contributed by atoms with Gasteiger partial charge in [0.15, 0.2) is 0 Å². The fourth-order valence-electron chi connectivity index (χ4n) is 1.98. The molecule has 4 heteroatoms. The zero-order valence-corrected chi connectivity index (χ0v) is 15.3. The quantitative estimate of drug-likeness (QED) is 0.689. The van der Waals surface area contributed by atoms with E-state index in [1.54, 1.807) is 0 Å². The standard InChI is InChI=1S/C15H25BrNOSi/c1-15(2,3)14(18-19(4)5)8-6-7-13-10-9-12(16)11-17-13/h9-11,14H,6-8H2,1-5H3. The summed E-state index contributed by atoms with van der Waals surface area (Å²) in [7, 11) is -0.637. The highest BCUT2D eigenvalue weighted by Crippen LogP contribution is 2.27. The molecular weight excluding hydrogens is 318 g/mol. The van der Waals surface area contributed by atoms with Crippen LogP contribution in [0.1, 0.15) is 39.3 Å². The molecule has 0 saturated heterocycles. The predicted molar refractivity (Wildman–Crippen MR) is 86.7 cm³/mol. The van der Waals surface area contributed by atoms with Crippen molar-refractivity contribution in [1.82, 2.24) is 4.98 Å². The van der Waals surface area contributed by atoms with Gasteiger partial charge in [0.2, 0.25) is 9.04 Å². The highest BCUT2D eigenvalue weighted by molar-refractivity contribution is 9.10. The molecule has 1 heterocycles. The number of halogens is 1. The van der Waals surface area contributed by atoms with Crippen LogP contribution in [-0.2, 0) is 10.8 Å². The minimum Gasteiger partial charge on any atom is -0.414 e. The molecule has 0 aliphatic carbocycles. The summed E-state index contributed by atoms with van der Waals surface area (Å²) in [6.07, 6.45) is 5.49. The summed E-state index contributed by atoms with van der Waals surface area (Å²) in [5, 5.41) is 0. The van der Waals surface area contributed by atoms with Crippen LogP contribution in [0.5, 0.6) is 0 Å². The monoisotopic (exact) mass is 342 g/mol. The van der Waals surface area contributed by atoms with Crippen molar-refractivity contribution in [1.29, 1.82) is 0 Å². The van der Waals surface area contributed by atoms with Gasteiger partial charge in [0.1, 0.15) is 0 Å². The Labute approximate surface area is 127 Å². The minimum atomic E-state index is -0.637. The molecule has 1 unspecified atom stereocenters. The van der Waals surface area contributed by atoms with Crippen LogP contribution in [0.25, 0.3) is 0 Å². The fraction of sp³-hybridized carbons (Fsp3) is 0.667. The third-order valence-corrected chi connectivity index (χ3v) is 4.26. The van der Waals surface area contributed by atoms with Crippen molar-refractivity contribution < 1.29 is 4.43 Å². The van der Waals surface area contributed by atoms with E-state index in [2.05, 4.69) is 66.9 Å². The lowest BCUT2D eigenvalue weighted by Crippen LogP contribution is -2.33. The first-order chi connectivity index (χ1) is 8.79. The van der Waals surface area contributed by atoms with Gasteiger partial charge in [0.25, 0.3) is 0 Å². The molecule has 1 rings (SSSR count). The maximum absolute atomic E-state index is 6.15. The molecule has 0 N–H and O–H groups in total. The molecule has 1 aromatic heterocycles. The number of aromatic nitrogens is 1. The van der Waals surface area contributed by atoms with Crippen LogP contribution >= 0.6 is 15.9 Å². The molecule has 19 heavy (non-hydrogen) atoms. The van der Waals surface area contributed by atoms with E-state index in [0.29, 0.717) is 6.10 Å². The van der Waals surface area contributed by atoms with Gasteiger partial charge in [-0.15, -0.1) is 0 Å². The Morgan fingerprint density at radius 3 is 2.47 bits per heavy atom. The van der Waals surface area contributed by atoms with E-state index in [9.17, 15) is 0 Å². The number of rotatable bonds is 6. The molecule has 0 aromatic carbocycles. The molecule has 0 saturated carbocycles. The van der Waals surface area contributed by atoms with E-state index in [1.807, 2.05) is 6.20 Å². The first kappa shape index (κ1) is 16.9. The molecule has 0 aliphatic heterocycles. The van der Waals surface area contributed by atoms with Crippen LogP contribution in [-0.4, -0.2) is 20.1 Å². The Hall–Kier alpha value is -0.193. The SMILES string of the molecule is C[Si](C)OC(CCCc1ccc(Br)cn1)C(C)(C)C. The van der Waals surface area contributed by atoms with Gasteiger partial charge in [0, 0.05) is 22.5 Å². The lowest BCUT2D eigenvalue weighted by molar-refractivity contribution is 0.0766. The molecule has 1 atom stereocenters. The molecule has 2 nitrogen and oxygen atoms in total. The molecular formula is C15H25BrNOSi. The van der Waals surface area contributed by atoms with Crippen molar-refractivity contribution in [3.8, 4) is 0 Å². The number of hydrogen-bond acceptors (Lipinski definition) is 2. The van der Waals surface area contributed by atoms with Crippen molar-refractivity contribution in [2.45, 2.75) is 59.2 Å². The summed E-state index contributed by atoms with van der Waals surface area (Å²) in [6, 6.07) is 4.14. The lowest BCUT2D eigenvalue weighted by atomic mass is 9.86. The Morgan fingerprint density at radius 2 is 2.00 bits per heavy atom. The summed E-state index contributed by atoms with van der Waals surface area (Å²) in [5.74, 6) is 0. The largest absolute Gasteiger partial charge is 0.414 e. The van der Waals surface area contributed by atoms with Gasteiger partial charge in [0.05, 0.1) is 0 Å². The average Bonchev–Trinajstić information content (AvgIpc) is 2.28. The second-order valence-electron chi connectivity index (χ2n) is 6.24. The van der Waals surface area contributed by atoms with Crippen molar-refractivity contribution in [2.24, 2.45) is 5.41 Å². The highest BCUT2D eigenvalue weighted by Gasteiger charge is 2.25. The van der Waals surface area contributed by atoms with Gasteiger partial charge in [-0.2, -0.15) is 0 Å². The summed E-state index contributed by atoms with van der Waals surface area (Å²) in [4.78, 5) is 4.42. The zero-order valence-electron chi connectivity index (χ0n) is 12.7. The highest BCUT2D eigenvalue weighted by atomic mass is 79.9. The van der Waals surface area contributed by atoms with Crippen molar-refractivity contribution in [3.63, 3.8) is 0 Å². The summed E-state index contributed by atoms with van der Waals surface area (Å²) in [5.41, 5.74) is 1.38. The first-order valence-electron chi connectivity index (χ1n) is 6.86. The number of pyridine rings is 1. The number of aryl methyl sites for hydroxylation is 1. The topological polar surface area (TPSA) is 22.1 Å². The van der Waals surface area contributed by atoms with E-state index < -0.39 is 9.04 Å². The van der Waals surface area contributed by atoms with Gasteiger partial charge < -0.3 is 4.43 Å². The fourth-order valence-corrected chi connectivity index (χ4v) is 3.25. The summed E-state index contributed by atoms with van der Waals surface area (Å²) >= 11 is 3.41. The van der Waals surface area contributed by atoms with E-state index in [0.717, 1.165) is 29.4 Å². The maximum Gasteiger partial charge on any atom is 0.205 e. The Balaban J connectivity index is 2.46. The molecule has 0 fully saturated rings. The van der Waals surface area contributed by atoms with Crippen molar-refractivity contribution in [3.05, 3.63) is 28.5 Å². The van der Waals surface area contributed by atoms with Crippen molar-refractivity contribution >= 4 is 25.0 Å². The van der Waals surface area contributed by atoms with Gasteiger partial charge >= 0.3 is 0 Å². The van der Waals surface area contributed by atoms with E-state index >= 15 is 0 Å². The average molecular weight is 343 g/mol. The van der Waals surface area contributed by atoms with Crippen LogP contribution < -0.4 is 0 Å². The molecule has 0 bridgehead atoms. The Bertz CT molecular complexity index is 373. The van der Waals surface area contributed by atoms with Crippen LogP contribution in [0.15, 0.2) is 22.8 Å². The molecule has 0 spiro atoms. The van der Waals surface area contributed by atoms with Gasteiger partial charge in [-0.25, -0.2) is 0 Å². The molecule has 1 radical (unpaired) electrons.